The molecule has 1 fully saturated rings. The maximum absolute atomic E-state index is 12.1. The van der Waals surface area contributed by atoms with Crippen LogP contribution in [0.3, 0.4) is 0 Å². The van der Waals surface area contributed by atoms with Crippen molar-refractivity contribution in [3.05, 3.63) is 41.3 Å². The van der Waals surface area contributed by atoms with Gasteiger partial charge in [-0.25, -0.2) is 14.8 Å². The Labute approximate surface area is 191 Å². The number of piperazine rings is 1. The number of pyridine rings is 1. The highest BCUT2D eigenvalue weighted by Gasteiger charge is 2.22. The molecule has 0 atom stereocenters. The van der Waals surface area contributed by atoms with Gasteiger partial charge in [0.1, 0.15) is 11.0 Å². The highest BCUT2D eigenvalue weighted by atomic mass is 35.5. The largest absolute Gasteiger partial charge is 0.353 e. The van der Waals surface area contributed by atoms with Gasteiger partial charge in [0.25, 0.3) is 0 Å². The van der Waals surface area contributed by atoms with E-state index in [0.29, 0.717) is 55.4 Å². The Morgan fingerprint density at radius 2 is 2.00 bits per heavy atom. The fourth-order valence-corrected chi connectivity index (χ4v) is 3.89. The average Bonchev–Trinajstić information content (AvgIpc) is 2.80. The van der Waals surface area contributed by atoms with Crippen LogP contribution in [0.2, 0.25) is 5.15 Å². The Morgan fingerprint density at radius 3 is 2.71 bits per heavy atom. The molecule has 0 radical (unpaired) electrons. The van der Waals surface area contributed by atoms with Crippen molar-refractivity contribution >= 4 is 41.1 Å². The number of anilines is 1. The van der Waals surface area contributed by atoms with Gasteiger partial charge in [-0.3, -0.25) is 9.78 Å². The quantitative estimate of drug-likeness (QED) is 0.351. The van der Waals surface area contributed by atoms with Gasteiger partial charge in [0.05, 0.1) is 5.75 Å². The number of hydrogen-bond acceptors (Lipinski definition) is 7. The third kappa shape index (κ3) is 7.25. The second kappa shape index (κ2) is 11.7. The van der Waals surface area contributed by atoms with Gasteiger partial charge in [-0.2, -0.15) is 0 Å². The minimum absolute atomic E-state index is 0.0317. The number of carbonyl (C=O) groups is 2. The van der Waals surface area contributed by atoms with Crippen molar-refractivity contribution in [3.8, 4) is 0 Å². The molecule has 0 unspecified atom stereocenters. The SMILES string of the molecule is CCCNC(=O)N1CCN(c2cc(Cl)nc(SCC(=O)NCc3cccnc3)n2)CC1. The molecule has 3 amide bonds. The van der Waals surface area contributed by atoms with Crippen molar-refractivity contribution in [2.24, 2.45) is 0 Å². The Bertz CT molecular complexity index is 879. The van der Waals surface area contributed by atoms with E-state index < -0.39 is 0 Å². The number of aromatic nitrogens is 3. The highest BCUT2D eigenvalue weighted by Crippen LogP contribution is 2.22. The summed E-state index contributed by atoms with van der Waals surface area (Å²) in [7, 11) is 0. The molecule has 0 spiro atoms. The van der Waals surface area contributed by atoms with E-state index in [1.807, 2.05) is 19.1 Å². The van der Waals surface area contributed by atoms with Crippen molar-refractivity contribution in [3.63, 3.8) is 0 Å². The summed E-state index contributed by atoms with van der Waals surface area (Å²) in [6.45, 7) is 5.65. The van der Waals surface area contributed by atoms with E-state index in [4.69, 9.17) is 11.6 Å². The van der Waals surface area contributed by atoms with Crippen LogP contribution >= 0.6 is 23.4 Å². The zero-order valence-corrected chi connectivity index (χ0v) is 19.0. The van der Waals surface area contributed by atoms with Gasteiger partial charge >= 0.3 is 6.03 Å². The van der Waals surface area contributed by atoms with Crippen LogP contribution in [0, 0.1) is 0 Å². The molecule has 0 bridgehead atoms. The zero-order chi connectivity index (χ0) is 22.1. The highest BCUT2D eigenvalue weighted by molar-refractivity contribution is 7.99. The summed E-state index contributed by atoms with van der Waals surface area (Å²) in [5.41, 5.74) is 0.935. The van der Waals surface area contributed by atoms with Crippen LogP contribution in [0.15, 0.2) is 35.7 Å². The monoisotopic (exact) mass is 463 g/mol. The van der Waals surface area contributed by atoms with Crippen molar-refractivity contribution in [1.82, 2.24) is 30.5 Å². The van der Waals surface area contributed by atoms with Crippen LogP contribution in [-0.4, -0.2) is 70.3 Å². The van der Waals surface area contributed by atoms with Crippen LogP contribution in [0.4, 0.5) is 10.6 Å². The van der Waals surface area contributed by atoms with Gasteiger partial charge in [-0.1, -0.05) is 36.4 Å². The molecular formula is C20H26ClN7O2S. The van der Waals surface area contributed by atoms with Crippen molar-refractivity contribution in [2.75, 3.05) is 43.4 Å². The Hall–Kier alpha value is -2.59. The molecule has 31 heavy (non-hydrogen) atoms. The lowest BCUT2D eigenvalue weighted by atomic mass is 10.3. The first-order chi connectivity index (χ1) is 15.0. The van der Waals surface area contributed by atoms with Gasteiger partial charge in [0.2, 0.25) is 5.91 Å². The molecule has 9 nitrogen and oxygen atoms in total. The van der Waals surface area contributed by atoms with E-state index in [2.05, 4.69) is 30.5 Å². The molecule has 2 aromatic heterocycles. The number of rotatable bonds is 8. The first-order valence-electron chi connectivity index (χ1n) is 10.2. The third-order valence-electron chi connectivity index (χ3n) is 4.62. The minimum Gasteiger partial charge on any atom is -0.353 e. The van der Waals surface area contributed by atoms with Crippen LogP contribution in [0.5, 0.6) is 0 Å². The summed E-state index contributed by atoms with van der Waals surface area (Å²) in [6, 6.07) is 5.41. The fraction of sp³-hybridized carbons (Fsp3) is 0.450. The predicted octanol–water partition coefficient (Wildman–Crippen LogP) is 2.18. The standard InChI is InChI=1S/C20H26ClN7O2S/c1-2-5-23-20(30)28-9-7-27(8-10-28)17-11-16(21)25-19(26-17)31-14-18(29)24-13-15-4-3-6-22-12-15/h3-4,6,11-12H,2,5,7-10,13-14H2,1H3,(H,23,30)(H,24,29). The summed E-state index contributed by atoms with van der Waals surface area (Å²) in [6.07, 6.45) is 4.32. The molecule has 1 saturated heterocycles. The molecule has 3 rings (SSSR count). The second-order valence-corrected chi connectivity index (χ2v) is 8.29. The summed E-state index contributed by atoms with van der Waals surface area (Å²) in [5, 5.41) is 6.52. The molecule has 166 valence electrons. The number of thioether (sulfide) groups is 1. The summed E-state index contributed by atoms with van der Waals surface area (Å²) >= 11 is 7.42. The van der Waals surface area contributed by atoms with Crippen molar-refractivity contribution < 1.29 is 9.59 Å². The van der Waals surface area contributed by atoms with E-state index in [0.717, 1.165) is 12.0 Å². The number of halogens is 1. The molecule has 0 aliphatic carbocycles. The smallest absolute Gasteiger partial charge is 0.317 e. The molecule has 11 heteroatoms. The molecular weight excluding hydrogens is 438 g/mol. The molecule has 1 aliphatic heterocycles. The zero-order valence-electron chi connectivity index (χ0n) is 17.4. The lowest BCUT2D eigenvalue weighted by molar-refractivity contribution is -0.118. The number of carbonyl (C=O) groups excluding carboxylic acids is 2. The van der Waals surface area contributed by atoms with E-state index >= 15 is 0 Å². The first-order valence-corrected chi connectivity index (χ1v) is 11.5. The summed E-state index contributed by atoms with van der Waals surface area (Å²) < 4.78 is 0. The normalized spacial score (nSPS) is 13.7. The molecule has 1 aliphatic rings. The molecule has 2 aromatic rings. The fourth-order valence-electron chi connectivity index (χ4n) is 2.98. The van der Waals surface area contributed by atoms with Crippen LogP contribution in [0.1, 0.15) is 18.9 Å². The molecule has 0 saturated carbocycles. The maximum Gasteiger partial charge on any atom is 0.317 e. The number of nitrogens with one attached hydrogen (secondary N) is 2. The lowest BCUT2D eigenvalue weighted by Gasteiger charge is -2.35. The van der Waals surface area contributed by atoms with Crippen LogP contribution < -0.4 is 15.5 Å². The topological polar surface area (TPSA) is 103 Å². The number of urea groups is 1. The van der Waals surface area contributed by atoms with E-state index in [9.17, 15) is 9.59 Å². The summed E-state index contributed by atoms with van der Waals surface area (Å²) in [5.74, 6) is 0.767. The van der Waals surface area contributed by atoms with E-state index in [1.165, 1.54) is 11.8 Å². The molecule has 0 aromatic carbocycles. The molecule has 2 N–H and O–H groups in total. The predicted molar refractivity (Wildman–Crippen MR) is 121 cm³/mol. The third-order valence-corrected chi connectivity index (χ3v) is 5.66. The van der Waals surface area contributed by atoms with Gasteiger partial charge in [0, 0.05) is 57.7 Å². The average molecular weight is 464 g/mol. The maximum atomic E-state index is 12.1. The minimum atomic E-state index is -0.120. The van der Waals surface area contributed by atoms with Gasteiger partial charge in [-0.05, 0) is 18.1 Å². The lowest BCUT2D eigenvalue weighted by Crippen LogP contribution is -2.52. The van der Waals surface area contributed by atoms with Gasteiger partial charge in [-0.15, -0.1) is 0 Å². The number of hydrogen-bond donors (Lipinski definition) is 2. The van der Waals surface area contributed by atoms with Crippen molar-refractivity contribution in [1.29, 1.82) is 0 Å². The van der Waals surface area contributed by atoms with E-state index in [1.54, 1.807) is 23.4 Å². The number of nitrogens with zero attached hydrogens (tertiary/aromatic N) is 5. The summed E-state index contributed by atoms with van der Waals surface area (Å²) in [4.78, 5) is 40.9. The van der Waals surface area contributed by atoms with Gasteiger partial charge < -0.3 is 20.4 Å². The van der Waals surface area contributed by atoms with Crippen LogP contribution in [0.25, 0.3) is 0 Å². The Kier molecular flexibility index (Phi) is 8.72. The van der Waals surface area contributed by atoms with E-state index in [-0.39, 0.29) is 17.7 Å². The van der Waals surface area contributed by atoms with Crippen molar-refractivity contribution in [2.45, 2.75) is 25.0 Å². The number of amides is 3. The van der Waals surface area contributed by atoms with Crippen LogP contribution in [-0.2, 0) is 11.3 Å². The Morgan fingerprint density at radius 1 is 1.19 bits per heavy atom. The Balaban J connectivity index is 1.50. The molecule has 3 heterocycles. The first kappa shape index (κ1) is 23.1. The van der Waals surface area contributed by atoms with Gasteiger partial charge in [0.15, 0.2) is 5.16 Å². The second-order valence-electron chi connectivity index (χ2n) is 6.96.